The topological polar surface area (TPSA) is 30.0 Å². The van der Waals surface area contributed by atoms with Crippen LogP contribution in [-0.4, -0.2) is 10.8 Å². The van der Waals surface area contributed by atoms with E-state index in [9.17, 15) is 18.0 Å². The smallest absolute Gasteiger partial charge is 0.300 e. The monoisotopic (exact) mass is 403 g/mol. The SMILES string of the molecule is CC(=O)Cc1cc(-c2c(Cl)cccc2-c2cncc(C(F)(F)F)c2)ccc1C. The van der Waals surface area contributed by atoms with Gasteiger partial charge in [-0.1, -0.05) is 41.9 Å². The maximum atomic E-state index is 13.1. The molecule has 0 amide bonds. The van der Waals surface area contributed by atoms with Crippen LogP contribution in [0.1, 0.15) is 23.6 Å². The molecule has 144 valence electrons. The second kappa shape index (κ2) is 7.76. The summed E-state index contributed by atoms with van der Waals surface area (Å²) in [6, 6.07) is 11.7. The molecule has 3 rings (SSSR count). The molecule has 2 nitrogen and oxygen atoms in total. The quantitative estimate of drug-likeness (QED) is 0.495. The summed E-state index contributed by atoms with van der Waals surface area (Å²) >= 11 is 6.43. The highest BCUT2D eigenvalue weighted by molar-refractivity contribution is 6.34. The highest BCUT2D eigenvalue weighted by Gasteiger charge is 2.31. The molecule has 1 heterocycles. The van der Waals surface area contributed by atoms with Crippen LogP contribution in [0.15, 0.2) is 54.9 Å². The van der Waals surface area contributed by atoms with Crippen LogP contribution in [-0.2, 0) is 17.4 Å². The van der Waals surface area contributed by atoms with Crippen molar-refractivity contribution < 1.29 is 18.0 Å². The van der Waals surface area contributed by atoms with Gasteiger partial charge in [-0.3, -0.25) is 9.78 Å². The number of pyridine rings is 1. The van der Waals surface area contributed by atoms with Gasteiger partial charge in [-0.2, -0.15) is 13.2 Å². The lowest BCUT2D eigenvalue weighted by molar-refractivity contribution is -0.137. The molecule has 6 heteroatoms. The fourth-order valence-electron chi connectivity index (χ4n) is 3.09. The van der Waals surface area contributed by atoms with Crippen molar-refractivity contribution >= 4 is 17.4 Å². The molecule has 1 aromatic heterocycles. The van der Waals surface area contributed by atoms with Gasteiger partial charge in [-0.15, -0.1) is 0 Å². The summed E-state index contributed by atoms with van der Waals surface area (Å²) in [6.45, 7) is 3.42. The van der Waals surface area contributed by atoms with Crippen molar-refractivity contribution in [3.63, 3.8) is 0 Å². The fourth-order valence-corrected chi connectivity index (χ4v) is 3.37. The lowest BCUT2D eigenvalue weighted by Crippen LogP contribution is -2.05. The Balaban J connectivity index is 2.19. The second-order valence-corrected chi connectivity index (χ2v) is 7.05. The largest absolute Gasteiger partial charge is 0.417 e. The van der Waals surface area contributed by atoms with E-state index >= 15 is 0 Å². The molecule has 0 spiro atoms. The molecule has 0 bridgehead atoms. The molecule has 0 radical (unpaired) electrons. The Morgan fingerprint density at radius 1 is 1.07 bits per heavy atom. The van der Waals surface area contributed by atoms with Gasteiger partial charge in [0.05, 0.1) is 5.56 Å². The van der Waals surface area contributed by atoms with Crippen LogP contribution in [0.2, 0.25) is 5.02 Å². The van der Waals surface area contributed by atoms with Crippen LogP contribution in [0.3, 0.4) is 0 Å². The van der Waals surface area contributed by atoms with Gasteiger partial charge in [-0.25, -0.2) is 0 Å². The molecule has 3 aromatic rings. The number of halogens is 4. The first kappa shape index (κ1) is 20.1. The highest BCUT2D eigenvalue weighted by atomic mass is 35.5. The summed E-state index contributed by atoms with van der Waals surface area (Å²) in [4.78, 5) is 15.3. The van der Waals surface area contributed by atoms with Crippen LogP contribution in [0.25, 0.3) is 22.3 Å². The van der Waals surface area contributed by atoms with Crippen molar-refractivity contribution in [3.8, 4) is 22.3 Å². The molecule has 0 aliphatic rings. The van der Waals surface area contributed by atoms with Crippen molar-refractivity contribution in [3.05, 3.63) is 76.6 Å². The van der Waals surface area contributed by atoms with E-state index in [1.165, 1.54) is 13.1 Å². The first-order chi connectivity index (χ1) is 13.2. The summed E-state index contributed by atoms with van der Waals surface area (Å²) in [5, 5.41) is 0.410. The number of benzene rings is 2. The van der Waals surface area contributed by atoms with Crippen molar-refractivity contribution in [2.24, 2.45) is 0 Å². The minimum Gasteiger partial charge on any atom is -0.300 e. The molecule has 0 saturated heterocycles. The average Bonchev–Trinajstić information content (AvgIpc) is 2.62. The molecule has 0 N–H and O–H groups in total. The van der Waals surface area contributed by atoms with Gasteiger partial charge in [0, 0.05) is 35.0 Å². The summed E-state index contributed by atoms with van der Waals surface area (Å²) in [5.41, 5.74) is 3.21. The third-order valence-electron chi connectivity index (χ3n) is 4.47. The Hall–Kier alpha value is -2.66. The zero-order chi connectivity index (χ0) is 20.5. The molecule has 2 aromatic carbocycles. The third kappa shape index (κ3) is 4.25. The molecular weight excluding hydrogens is 387 g/mol. The minimum absolute atomic E-state index is 0.0294. The number of carbonyl (C=O) groups excluding carboxylic acids is 1. The summed E-state index contributed by atoms with van der Waals surface area (Å²) in [6.07, 6.45) is -2.02. The predicted molar refractivity (Wildman–Crippen MR) is 104 cm³/mol. The maximum absolute atomic E-state index is 13.1. The predicted octanol–water partition coefficient (Wildman–Crippen LogP) is 6.53. The van der Waals surface area contributed by atoms with E-state index in [-0.39, 0.29) is 12.2 Å². The normalized spacial score (nSPS) is 11.5. The molecular formula is C22H17ClF3NO. The number of alkyl halides is 3. The number of hydrogen-bond donors (Lipinski definition) is 0. The molecule has 0 saturated carbocycles. The minimum atomic E-state index is -4.49. The highest BCUT2D eigenvalue weighted by Crippen LogP contribution is 2.39. The Labute approximate surface area is 166 Å². The molecule has 0 fully saturated rings. The van der Waals surface area contributed by atoms with E-state index in [0.717, 1.165) is 29.0 Å². The van der Waals surface area contributed by atoms with E-state index in [0.29, 0.717) is 21.7 Å². The van der Waals surface area contributed by atoms with Crippen molar-refractivity contribution in [2.45, 2.75) is 26.4 Å². The number of ketones is 1. The van der Waals surface area contributed by atoms with Gasteiger partial charge >= 0.3 is 6.18 Å². The van der Waals surface area contributed by atoms with Crippen molar-refractivity contribution in [1.29, 1.82) is 0 Å². The van der Waals surface area contributed by atoms with E-state index in [2.05, 4.69) is 4.98 Å². The zero-order valence-corrected chi connectivity index (χ0v) is 16.0. The number of aromatic nitrogens is 1. The number of rotatable bonds is 4. The van der Waals surface area contributed by atoms with Gasteiger partial charge in [0.2, 0.25) is 0 Å². The molecule has 0 aliphatic heterocycles. The van der Waals surface area contributed by atoms with Crippen LogP contribution in [0.5, 0.6) is 0 Å². The van der Waals surface area contributed by atoms with Crippen LogP contribution >= 0.6 is 11.6 Å². The third-order valence-corrected chi connectivity index (χ3v) is 4.78. The molecule has 0 atom stereocenters. The lowest BCUT2D eigenvalue weighted by atomic mass is 9.91. The fraction of sp³-hybridized carbons (Fsp3) is 0.182. The van der Waals surface area contributed by atoms with E-state index in [1.807, 2.05) is 25.1 Å². The van der Waals surface area contributed by atoms with Gasteiger partial charge in [0.1, 0.15) is 5.78 Å². The summed E-state index contributed by atoms with van der Waals surface area (Å²) in [5.74, 6) is 0.0294. The zero-order valence-electron chi connectivity index (χ0n) is 15.3. The Morgan fingerprint density at radius 2 is 1.82 bits per heavy atom. The Morgan fingerprint density at radius 3 is 2.50 bits per heavy atom. The number of hydrogen-bond acceptors (Lipinski definition) is 2. The first-order valence-electron chi connectivity index (χ1n) is 8.57. The number of aryl methyl sites for hydroxylation is 1. The first-order valence-corrected chi connectivity index (χ1v) is 8.95. The van der Waals surface area contributed by atoms with Crippen LogP contribution < -0.4 is 0 Å². The number of Topliss-reactive ketones (excluding diaryl/α,β-unsaturated/α-hetero) is 1. The standard InChI is InChI=1S/C22H17ClF3NO/c1-13-6-7-15(9-16(13)8-14(2)28)21-19(4-3-5-20(21)23)17-10-18(12-27-11-17)22(24,25)26/h3-7,9-12H,8H2,1-2H3. The number of carbonyl (C=O) groups is 1. The van der Waals surface area contributed by atoms with Crippen LogP contribution in [0, 0.1) is 6.92 Å². The molecule has 0 aliphatic carbocycles. The average molecular weight is 404 g/mol. The van der Waals surface area contributed by atoms with Crippen LogP contribution in [0.4, 0.5) is 13.2 Å². The molecule has 28 heavy (non-hydrogen) atoms. The number of nitrogens with zero attached hydrogens (tertiary/aromatic N) is 1. The van der Waals surface area contributed by atoms with Gasteiger partial charge in [0.15, 0.2) is 0 Å². The Kier molecular flexibility index (Phi) is 5.57. The van der Waals surface area contributed by atoms with Gasteiger partial charge < -0.3 is 0 Å². The van der Waals surface area contributed by atoms with E-state index in [1.54, 1.807) is 18.2 Å². The maximum Gasteiger partial charge on any atom is 0.417 e. The Bertz CT molecular complexity index is 1040. The van der Waals surface area contributed by atoms with E-state index in [4.69, 9.17) is 11.6 Å². The lowest BCUT2D eigenvalue weighted by Gasteiger charge is -2.15. The van der Waals surface area contributed by atoms with Gasteiger partial charge in [0.25, 0.3) is 0 Å². The second-order valence-electron chi connectivity index (χ2n) is 6.64. The van der Waals surface area contributed by atoms with Crippen molar-refractivity contribution in [1.82, 2.24) is 4.98 Å². The van der Waals surface area contributed by atoms with E-state index < -0.39 is 11.7 Å². The summed E-state index contributed by atoms with van der Waals surface area (Å²) in [7, 11) is 0. The summed E-state index contributed by atoms with van der Waals surface area (Å²) < 4.78 is 39.3. The van der Waals surface area contributed by atoms with Crippen molar-refractivity contribution in [2.75, 3.05) is 0 Å². The van der Waals surface area contributed by atoms with Gasteiger partial charge in [-0.05, 0) is 48.2 Å². The molecule has 0 unspecified atom stereocenters.